The molecule has 132 valence electrons. The molecule has 25 heavy (non-hydrogen) atoms. The average molecular weight is 338 g/mol. The summed E-state index contributed by atoms with van der Waals surface area (Å²) in [5, 5.41) is 3.00. The molecule has 1 aromatic carbocycles. The van der Waals surface area contributed by atoms with Crippen molar-refractivity contribution in [3.8, 4) is 0 Å². The second-order valence-electron chi connectivity index (χ2n) is 7.11. The summed E-state index contributed by atoms with van der Waals surface area (Å²) in [6, 6.07) is 9.57. The van der Waals surface area contributed by atoms with E-state index in [0.29, 0.717) is 17.6 Å². The minimum absolute atomic E-state index is 0.192. The molecule has 5 nitrogen and oxygen atoms in total. The van der Waals surface area contributed by atoms with Crippen LogP contribution in [0.5, 0.6) is 0 Å². The molecule has 1 aliphatic heterocycles. The van der Waals surface area contributed by atoms with Crippen LogP contribution in [0.2, 0.25) is 0 Å². The van der Waals surface area contributed by atoms with E-state index in [1.807, 2.05) is 24.3 Å². The van der Waals surface area contributed by atoms with Crippen molar-refractivity contribution in [2.75, 3.05) is 23.3 Å². The molecule has 0 saturated carbocycles. The Hall–Kier alpha value is -2.43. The third kappa shape index (κ3) is 4.16. The predicted octanol–water partition coefficient (Wildman–Crippen LogP) is 4.09. The zero-order valence-corrected chi connectivity index (χ0v) is 15.2. The summed E-state index contributed by atoms with van der Waals surface area (Å²) >= 11 is 0. The molecule has 0 spiro atoms. The van der Waals surface area contributed by atoms with E-state index in [4.69, 9.17) is 0 Å². The van der Waals surface area contributed by atoms with E-state index in [-0.39, 0.29) is 5.91 Å². The number of carbonyl (C=O) groups is 1. The molecule has 0 unspecified atom stereocenters. The highest BCUT2D eigenvalue weighted by molar-refractivity contribution is 6.03. The largest absolute Gasteiger partial charge is 0.341 e. The number of piperidine rings is 1. The van der Waals surface area contributed by atoms with Crippen LogP contribution in [0.25, 0.3) is 0 Å². The Labute approximate surface area is 149 Å². The van der Waals surface area contributed by atoms with E-state index in [0.717, 1.165) is 43.1 Å². The molecule has 1 amide bonds. The molecule has 0 bridgehead atoms. The molecule has 0 aliphatic carbocycles. The minimum Gasteiger partial charge on any atom is -0.341 e. The zero-order valence-electron chi connectivity index (χ0n) is 15.2. The highest BCUT2D eigenvalue weighted by Crippen LogP contribution is 2.24. The number of amides is 1. The maximum Gasteiger partial charge on any atom is 0.274 e. The van der Waals surface area contributed by atoms with Gasteiger partial charge in [0.1, 0.15) is 5.69 Å². The summed E-state index contributed by atoms with van der Waals surface area (Å²) in [7, 11) is 0. The zero-order chi connectivity index (χ0) is 17.8. The highest BCUT2D eigenvalue weighted by Gasteiger charge is 2.19. The number of rotatable bonds is 4. The van der Waals surface area contributed by atoms with E-state index in [2.05, 4.69) is 41.0 Å². The van der Waals surface area contributed by atoms with E-state index in [9.17, 15) is 4.79 Å². The number of benzene rings is 1. The summed E-state index contributed by atoms with van der Waals surface area (Å²) in [6.07, 6.45) is 3.95. The Balaban J connectivity index is 1.76. The molecule has 0 radical (unpaired) electrons. The minimum atomic E-state index is -0.192. The highest BCUT2D eigenvalue weighted by atomic mass is 16.1. The Morgan fingerprint density at radius 3 is 2.64 bits per heavy atom. The second kappa shape index (κ2) is 7.64. The van der Waals surface area contributed by atoms with E-state index < -0.39 is 0 Å². The van der Waals surface area contributed by atoms with Crippen molar-refractivity contribution in [1.82, 2.24) is 9.97 Å². The van der Waals surface area contributed by atoms with Gasteiger partial charge in [-0.15, -0.1) is 0 Å². The van der Waals surface area contributed by atoms with Crippen LogP contribution in [0.4, 0.5) is 11.6 Å². The van der Waals surface area contributed by atoms with Gasteiger partial charge in [-0.25, -0.2) is 9.97 Å². The molecule has 1 fully saturated rings. The lowest BCUT2D eigenvalue weighted by Crippen LogP contribution is -2.34. The standard InChI is InChI=1S/C20H26N4O/c1-14(2)16-6-4-5-7-17(16)22-19(25)18-8-11-21-20(23-18)24-12-9-15(3)10-13-24/h4-8,11,14-15H,9-10,12-13H2,1-3H3,(H,22,25). The lowest BCUT2D eigenvalue weighted by atomic mass is 10.00. The fourth-order valence-electron chi connectivity index (χ4n) is 3.14. The summed E-state index contributed by atoms with van der Waals surface area (Å²) in [6.45, 7) is 8.40. The van der Waals surface area contributed by atoms with E-state index >= 15 is 0 Å². The molecular weight excluding hydrogens is 312 g/mol. The van der Waals surface area contributed by atoms with Crippen LogP contribution in [-0.2, 0) is 0 Å². The maximum absolute atomic E-state index is 12.7. The van der Waals surface area contributed by atoms with Gasteiger partial charge in [-0.3, -0.25) is 4.79 Å². The fraction of sp³-hybridized carbons (Fsp3) is 0.450. The molecular formula is C20H26N4O. The second-order valence-corrected chi connectivity index (χ2v) is 7.11. The van der Waals surface area contributed by atoms with Crippen LogP contribution >= 0.6 is 0 Å². The van der Waals surface area contributed by atoms with Crippen LogP contribution in [0.15, 0.2) is 36.5 Å². The van der Waals surface area contributed by atoms with Gasteiger partial charge in [-0.2, -0.15) is 0 Å². The van der Waals surface area contributed by atoms with Gasteiger partial charge < -0.3 is 10.2 Å². The van der Waals surface area contributed by atoms with Gasteiger partial charge in [0.05, 0.1) is 0 Å². The van der Waals surface area contributed by atoms with Gasteiger partial charge in [0.25, 0.3) is 5.91 Å². The predicted molar refractivity (Wildman–Crippen MR) is 101 cm³/mol. The summed E-state index contributed by atoms with van der Waals surface area (Å²) in [5.74, 6) is 1.54. The quantitative estimate of drug-likeness (QED) is 0.912. The molecule has 1 N–H and O–H groups in total. The van der Waals surface area contributed by atoms with E-state index in [1.165, 1.54) is 0 Å². The van der Waals surface area contributed by atoms with Crippen LogP contribution in [0, 0.1) is 5.92 Å². The molecule has 1 aromatic heterocycles. The van der Waals surface area contributed by atoms with Crippen molar-refractivity contribution in [2.24, 2.45) is 5.92 Å². The monoisotopic (exact) mass is 338 g/mol. The first kappa shape index (κ1) is 17.4. The topological polar surface area (TPSA) is 58.1 Å². The molecule has 3 rings (SSSR count). The first-order valence-electron chi connectivity index (χ1n) is 9.03. The van der Waals surface area contributed by atoms with Gasteiger partial charge in [-0.05, 0) is 42.4 Å². The normalized spacial score (nSPS) is 15.4. The number of hydrogen-bond donors (Lipinski definition) is 1. The molecule has 1 saturated heterocycles. The van der Waals surface area contributed by atoms with Gasteiger partial charge in [0.15, 0.2) is 0 Å². The Bertz CT molecular complexity index is 736. The van der Waals surface area contributed by atoms with Gasteiger partial charge in [-0.1, -0.05) is 39.0 Å². The number of aromatic nitrogens is 2. The summed E-state index contributed by atoms with van der Waals surface area (Å²) in [4.78, 5) is 23.7. The molecule has 1 aliphatic rings. The Morgan fingerprint density at radius 2 is 1.92 bits per heavy atom. The SMILES string of the molecule is CC1CCN(c2nccc(C(=O)Nc3ccccc3C(C)C)n2)CC1. The number of nitrogens with one attached hydrogen (secondary N) is 1. The van der Waals surface area contributed by atoms with E-state index in [1.54, 1.807) is 12.3 Å². The van der Waals surface area contributed by atoms with Crippen LogP contribution < -0.4 is 10.2 Å². The average Bonchev–Trinajstić information content (AvgIpc) is 2.62. The molecule has 5 heteroatoms. The van der Waals surface area contributed by atoms with Gasteiger partial charge >= 0.3 is 0 Å². The number of hydrogen-bond acceptors (Lipinski definition) is 4. The third-order valence-corrected chi connectivity index (χ3v) is 4.77. The number of para-hydroxylation sites is 1. The Kier molecular flexibility index (Phi) is 5.31. The van der Waals surface area contributed by atoms with Crippen molar-refractivity contribution in [3.63, 3.8) is 0 Å². The van der Waals surface area contributed by atoms with Gasteiger partial charge in [0.2, 0.25) is 5.95 Å². The third-order valence-electron chi connectivity index (χ3n) is 4.77. The van der Waals surface area contributed by atoms with Crippen molar-refractivity contribution >= 4 is 17.5 Å². The van der Waals surface area contributed by atoms with Crippen molar-refractivity contribution in [2.45, 2.75) is 39.5 Å². The van der Waals surface area contributed by atoms with Crippen LogP contribution in [0.3, 0.4) is 0 Å². The van der Waals surface area contributed by atoms with Gasteiger partial charge in [0, 0.05) is 25.0 Å². The lowest BCUT2D eigenvalue weighted by molar-refractivity contribution is 0.102. The number of nitrogens with zero attached hydrogens (tertiary/aromatic N) is 3. The Morgan fingerprint density at radius 1 is 1.20 bits per heavy atom. The fourth-order valence-corrected chi connectivity index (χ4v) is 3.14. The summed E-state index contributed by atoms with van der Waals surface area (Å²) < 4.78 is 0. The molecule has 2 aromatic rings. The number of carbonyl (C=O) groups excluding carboxylic acids is 1. The maximum atomic E-state index is 12.7. The van der Waals surface area contributed by atoms with Crippen molar-refractivity contribution in [1.29, 1.82) is 0 Å². The van der Waals surface area contributed by atoms with Crippen molar-refractivity contribution in [3.05, 3.63) is 47.8 Å². The summed E-state index contributed by atoms with van der Waals surface area (Å²) in [5.41, 5.74) is 2.37. The smallest absolute Gasteiger partial charge is 0.274 e. The van der Waals surface area contributed by atoms with Crippen molar-refractivity contribution < 1.29 is 4.79 Å². The van der Waals surface area contributed by atoms with Crippen LogP contribution in [0.1, 0.15) is 55.6 Å². The first-order chi connectivity index (χ1) is 12.0. The molecule has 0 atom stereocenters. The number of anilines is 2. The van der Waals surface area contributed by atoms with Crippen LogP contribution in [-0.4, -0.2) is 29.0 Å². The molecule has 2 heterocycles. The first-order valence-corrected chi connectivity index (χ1v) is 9.03. The lowest BCUT2D eigenvalue weighted by Gasteiger charge is -2.30.